The Morgan fingerprint density at radius 1 is 0.761 bits per heavy atom. The van der Waals surface area contributed by atoms with Crippen molar-refractivity contribution in [2.24, 2.45) is 10.3 Å². The minimum atomic E-state index is -3.62. The number of hydrogen-bond donors (Lipinski definition) is 2. The number of pyridine rings is 1. The lowest BCUT2D eigenvalue weighted by molar-refractivity contribution is -0.673. The Morgan fingerprint density at radius 3 is 2.17 bits per heavy atom. The highest BCUT2D eigenvalue weighted by Gasteiger charge is 2.32. The van der Waals surface area contributed by atoms with Crippen molar-refractivity contribution in [1.82, 2.24) is 0 Å². The Kier molecular flexibility index (Phi) is 9.68. The fourth-order valence-electron chi connectivity index (χ4n) is 5.61. The van der Waals surface area contributed by atoms with Crippen molar-refractivity contribution in [3.8, 4) is 0 Å². The van der Waals surface area contributed by atoms with Crippen LogP contribution in [-0.2, 0) is 36.2 Å². The van der Waals surface area contributed by atoms with Crippen LogP contribution in [0, 0.1) is 0 Å². The first-order valence-electron chi connectivity index (χ1n) is 14.7. The van der Waals surface area contributed by atoms with E-state index in [0.29, 0.717) is 50.2 Å². The second-order valence-electron chi connectivity index (χ2n) is 11.2. The highest BCUT2D eigenvalue weighted by atomic mass is 32.2. The number of allylic oxidation sites excluding steroid dienone is 4. The number of nitrogens with zero attached hydrogens (tertiary/aromatic N) is 2. The predicted molar refractivity (Wildman–Crippen MR) is 174 cm³/mol. The van der Waals surface area contributed by atoms with Gasteiger partial charge in [-0.3, -0.25) is 9.59 Å². The summed E-state index contributed by atoms with van der Waals surface area (Å²) in [7, 11) is -7.23. The third kappa shape index (κ3) is 7.68. The van der Waals surface area contributed by atoms with Gasteiger partial charge in [-0.1, -0.05) is 42.2 Å². The molecule has 2 aromatic carbocycles. The first-order chi connectivity index (χ1) is 21.8. The van der Waals surface area contributed by atoms with Crippen LogP contribution in [0.4, 0.5) is 5.69 Å². The number of rotatable bonds is 12. The lowest BCUT2D eigenvalue weighted by Gasteiger charge is -2.31. The molecule has 0 spiro atoms. The summed E-state index contributed by atoms with van der Waals surface area (Å²) in [5.74, 6) is -2.86. The maximum Gasteiger partial charge on any atom is 0.233 e. The molecule has 240 valence electrons. The summed E-state index contributed by atoms with van der Waals surface area (Å²) in [4.78, 5) is 28.3. The molecule has 0 fully saturated rings. The molecule has 0 radical (unpaired) electrons. The van der Waals surface area contributed by atoms with Gasteiger partial charge >= 0.3 is 0 Å². The van der Waals surface area contributed by atoms with E-state index >= 15 is 0 Å². The van der Waals surface area contributed by atoms with E-state index in [0.717, 1.165) is 22.2 Å². The maximum absolute atomic E-state index is 13.7. The van der Waals surface area contributed by atoms with E-state index in [9.17, 15) is 31.5 Å². The average molecular weight is 663 g/mol. The molecule has 1 aliphatic heterocycles. The minimum absolute atomic E-state index is 0.171. The summed E-state index contributed by atoms with van der Waals surface area (Å²) in [6.07, 6.45) is 8.00. The average Bonchev–Trinajstić information content (AvgIpc) is 3.20. The van der Waals surface area contributed by atoms with Crippen LogP contribution in [0.3, 0.4) is 0 Å². The smallest absolute Gasteiger partial charge is 0.233 e. The Hall–Kier alpha value is -4.43. The van der Waals surface area contributed by atoms with Gasteiger partial charge in [0.25, 0.3) is 0 Å². The van der Waals surface area contributed by atoms with Crippen molar-refractivity contribution in [1.29, 1.82) is 0 Å². The van der Waals surface area contributed by atoms with Crippen molar-refractivity contribution in [2.45, 2.75) is 32.2 Å². The molecule has 5 rings (SSSR count). The fourth-order valence-corrected chi connectivity index (χ4v) is 6.82. The summed E-state index contributed by atoms with van der Waals surface area (Å²) in [6, 6.07) is 18.7. The lowest BCUT2D eigenvalue weighted by Crippen LogP contribution is -2.38. The number of carbonyl (C=O) groups excluding carboxylic acids is 2. The maximum atomic E-state index is 13.7. The third-order valence-corrected chi connectivity index (χ3v) is 9.55. The van der Waals surface area contributed by atoms with Crippen LogP contribution in [0.1, 0.15) is 36.9 Å². The topological polar surface area (TPSA) is 185 Å². The molecule has 0 saturated heterocycles. The number of aromatic nitrogens is 1. The molecule has 0 saturated carbocycles. The normalized spacial score (nSPS) is 17.1. The number of sulfonamides is 2. The molecule has 1 aliphatic carbocycles. The molecule has 3 aromatic rings. The first kappa shape index (κ1) is 32.9. The van der Waals surface area contributed by atoms with E-state index in [2.05, 4.69) is 0 Å². The number of primary sulfonamides is 2. The molecule has 11 nitrogen and oxygen atoms in total. The quantitative estimate of drug-likeness (QED) is 0.127. The van der Waals surface area contributed by atoms with Gasteiger partial charge in [0.05, 0.1) is 11.5 Å². The number of fused-ring (bicyclic) bond motifs is 2. The van der Waals surface area contributed by atoms with Crippen LogP contribution in [0.2, 0.25) is 0 Å². The number of carbonyl (C=O) groups is 2. The number of para-hydroxylation sites is 2. The number of hydrogen-bond acceptors (Lipinski definition) is 8. The fraction of sp³-hybridized carbons (Fsp3) is 0.242. The molecule has 2 aliphatic rings. The van der Waals surface area contributed by atoms with Gasteiger partial charge in [-0.05, 0) is 55.2 Å². The van der Waals surface area contributed by atoms with Gasteiger partial charge < -0.3 is 10.0 Å². The largest absolute Gasteiger partial charge is 0.871 e. The van der Waals surface area contributed by atoms with Gasteiger partial charge in [0.1, 0.15) is 6.54 Å². The van der Waals surface area contributed by atoms with E-state index in [4.69, 9.17) is 10.3 Å². The predicted octanol–water partition coefficient (Wildman–Crippen LogP) is 1.83. The van der Waals surface area contributed by atoms with Crippen LogP contribution in [-0.4, -0.2) is 46.5 Å². The zero-order valence-electron chi connectivity index (χ0n) is 25.0. The molecule has 0 amide bonds. The van der Waals surface area contributed by atoms with Crippen molar-refractivity contribution in [2.75, 3.05) is 23.0 Å². The second-order valence-corrected chi connectivity index (χ2v) is 14.7. The number of ketones is 2. The molecule has 13 heteroatoms. The molecule has 1 aromatic heterocycles. The Labute approximate surface area is 267 Å². The van der Waals surface area contributed by atoms with Crippen LogP contribution in [0.15, 0.2) is 95.4 Å². The van der Waals surface area contributed by atoms with E-state index in [1.165, 1.54) is 12.2 Å². The van der Waals surface area contributed by atoms with E-state index in [1.54, 1.807) is 12.1 Å². The zero-order chi connectivity index (χ0) is 33.1. The van der Waals surface area contributed by atoms with Gasteiger partial charge in [-0.25, -0.2) is 27.1 Å². The Balaban J connectivity index is 1.50. The highest BCUT2D eigenvalue weighted by Crippen LogP contribution is 2.33. The van der Waals surface area contributed by atoms with Gasteiger partial charge in [-0.2, -0.15) is 4.57 Å². The number of aryl methyl sites for hydroxylation is 1. The zero-order valence-corrected chi connectivity index (χ0v) is 26.6. The van der Waals surface area contributed by atoms with Crippen LogP contribution in [0.25, 0.3) is 23.1 Å². The SMILES string of the molecule is NS(=O)(=O)CCCCN1C(=CC2=C([O-])C(=Cc3ccc4ccccc4[n+]3CCCCS(N)(=O)=O)C(=O)C2=O)C=Cc2ccccc21. The summed E-state index contributed by atoms with van der Waals surface area (Å²) in [5, 5.41) is 24.9. The molecular weight excluding hydrogens is 629 g/mol. The van der Waals surface area contributed by atoms with E-state index < -0.39 is 37.4 Å². The summed E-state index contributed by atoms with van der Waals surface area (Å²) in [6.45, 7) is 0.773. The number of Topliss-reactive ketones (excluding diaryl/α,β-unsaturated/α-hetero) is 2. The van der Waals surface area contributed by atoms with E-state index in [-0.39, 0.29) is 22.7 Å². The number of benzene rings is 2. The Bertz CT molecular complexity index is 2060. The van der Waals surface area contributed by atoms with Crippen LogP contribution >= 0.6 is 0 Å². The van der Waals surface area contributed by atoms with Crippen molar-refractivity contribution in [3.05, 3.63) is 107 Å². The summed E-state index contributed by atoms with van der Waals surface area (Å²) < 4.78 is 47.6. The lowest BCUT2D eigenvalue weighted by atomic mass is 10.0. The number of anilines is 1. The Morgan fingerprint density at radius 2 is 1.43 bits per heavy atom. The summed E-state index contributed by atoms with van der Waals surface area (Å²) >= 11 is 0. The van der Waals surface area contributed by atoms with Crippen LogP contribution < -0.4 is 24.9 Å². The first-order valence-corrected chi connectivity index (χ1v) is 18.2. The molecular formula is C33H34N4O7S2. The van der Waals surface area contributed by atoms with Crippen molar-refractivity contribution >= 4 is 60.4 Å². The molecule has 0 bridgehead atoms. The molecule has 46 heavy (non-hydrogen) atoms. The van der Waals surface area contributed by atoms with Crippen LogP contribution in [0.5, 0.6) is 0 Å². The van der Waals surface area contributed by atoms with Gasteiger partial charge in [0.2, 0.25) is 42.8 Å². The van der Waals surface area contributed by atoms with Crippen molar-refractivity contribution < 1.29 is 36.1 Å². The van der Waals surface area contributed by atoms with Gasteiger partial charge in [-0.15, -0.1) is 0 Å². The second kappa shape index (κ2) is 13.5. The molecule has 0 unspecified atom stereocenters. The number of nitrogens with two attached hydrogens (primary N) is 2. The molecule has 0 atom stereocenters. The van der Waals surface area contributed by atoms with Crippen molar-refractivity contribution in [3.63, 3.8) is 0 Å². The van der Waals surface area contributed by atoms with E-state index in [1.807, 2.05) is 70.1 Å². The number of unbranched alkanes of at least 4 members (excludes halogenated alkanes) is 2. The third-order valence-electron chi connectivity index (χ3n) is 7.84. The van der Waals surface area contributed by atoms with Gasteiger partial charge in [0, 0.05) is 59.1 Å². The molecule has 2 heterocycles. The monoisotopic (exact) mass is 662 g/mol. The van der Waals surface area contributed by atoms with Gasteiger partial charge in [0.15, 0.2) is 0 Å². The summed E-state index contributed by atoms with van der Waals surface area (Å²) in [5.41, 5.74) is 3.03. The minimum Gasteiger partial charge on any atom is -0.871 e. The molecule has 4 N–H and O–H groups in total. The standard InChI is InChI=1S/C33H34N4O7S2/c34-45(41,42)19-7-5-17-36-25(15-13-23-9-1-3-11-29(23)36)21-27-31(38)28(33(40)32(27)39)22-26-16-14-24-10-2-4-12-30(24)37(26)18-6-8-20-46(35,43)44/h1-4,9-16,21-22H,5-8,17-20H2,(H4-,34,35,38,39,40,41,42,43,44). The highest BCUT2D eigenvalue weighted by molar-refractivity contribution is 7.89.